The van der Waals surface area contributed by atoms with Crippen molar-refractivity contribution in [2.75, 3.05) is 0 Å². The highest BCUT2D eigenvalue weighted by Crippen LogP contribution is 2.45. The molecule has 0 saturated carbocycles. The van der Waals surface area contributed by atoms with Crippen LogP contribution in [0.3, 0.4) is 0 Å². The van der Waals surface area contributed by atoms with Crippen LogP contribution in [-0.4, -0.2) is 30.8 Å². The summed E-state index contributed by atoms with van der Waals surface area (Å²) >= 11 is 0. The molecule has 1 aromatic carbocycles. The van der Waals surface area contributed by atoms with Crippen LogP contribution in [0.4, 0.5) is 4.39 Å². The molecule has 2 aromatic rings. The van der Waals surface area contributed by atoms with Gasteiger partial charge in [-0.2, -0.15) is 0 Å². The molecular weight excluding hydrogens is 380 g/mol. The van der Waals surface area contributed by atoms with Gasteiger partial charge in [0.05, 0.1) is 11.2 Å². The lowest BCUT2D eigenvalue weighted by Crippen LogP contribution is -2.52. The van der Waals surface area contributed by atoms with E-state index in [9.17, 15) is 0 Å². The maximum atomic E-state index is 15.2. The highest BCUT2D eigenvalue weighted by atomic mass is 28.3. The highest BCUT2D eigenvalue weighted by molar-refractivity contribution is 6.83. The SMILES string of the molecule is CC(C)[Si](C(C)C)(C(C)C)n1cc(B2OC(C)(C)C(C)(C)O2)c2c(F)cccc21. The number of rotatable bonds is 5. The van der Waals surface area contributed by atoms with Gasteiger partial charge in [-0.25, -0.2) is 4.39 Å². The Labute approximate surface area is 177 Å². The summed E-state index contributed by atoms with van der Waals surface area (Å²) in [6.07, 6.45) is 2.15. The Morgan fingerprint density at radius 1 is 0.897 bits per heavy atom. The van der Waals surface area contributed by atoms with E-state index in [1.165, 1.54) is 0 Å². The Balaban J connectivity index is 2.31. The van der Waals surface area contributed by atoms with Gasteiger partial charge in [-0.15, -0.1) is 0 Å². The largest absolute Gasteiger partial charge is 0.497 e. The van der Waals surface area contributed by atoms with Gasteiger partial charge in [-0.3, -0.25) is 0 Å². The van der Waals surface area contributed by atoms with Crippen molar-refractivity contribution in [2.45, 2.75) is 97.1 Å². The van der Waals surface area contributed by atoms with E-state index in [-0.39, 0.29) is 5.82 Å². The Morgan fingerprint density at radius 3 is 1.83 bits per heavy atom. The molecule has 2 heterocycles. The standard InChI is InChI=1S/C23H37BFNO2Si/c1-15(2)29(16(3)4,17(5)6)26-14-18(21-19(25)12-11-13-20(21)26)24-27-22(7,8)23(9,10)28-24/h11-17H,1-10H3. The summed E-state index contributed by atoms with van der Waals surface area (Å²) in [5, 5.41) is 0.643. The summed E-state index contributed by atoms with van der Waals surface area (Å²) in [5.74, 6) is -0.204. The monoisotopic (exact) mass is 417 g/mol. The zero-order valence-corrected chi connectivity index (χ0v) is 20.8. The molecule has 0 N–H and O–H groups in total. The predicted molar refractivity (Wildman–Crippen MR) is 124 cm³/mol. The number of benzene rings is 1. The fourth-order valence-electron chi connectivity index (χ4n) is 5.58. The van der Waals surface area contributed by atoms with E-state index >= 15 is 4.39 Å². The minimum absolute atomic E-state index is 0.204. The van der Waals surface area contributed by atoms with Gasteiger partial charge in [0.1, 0.15) is 5.82 Å². The van der Waals surface area contributed by atoms with E-state index in [0.717, 1.165) is 11.0 Å². The molecule has 0 bridgehead atoms. The zero-order valence-electron chi connectivity index (χ0n) is 19.8. The van der Waals surface area contributed by atoms with Gasteiger partial charge in [-0.1, -0.05) is 47.6 Å². The van der Waals surface area contributed by atoms with Crippen LogP contribution in [0.15, 0.2) is 24.4 Å². The first-order valence-corrected chi connectivity index (χ1v) is 13.1. The number of hydrogen-bond acceptors (Lipinski definition) is 2. The van der Waals surface area contributed by atoms with Gasteiger partial charge in [0.15, 0.2) is 8.24 Å². The second-order valence-corrected chi connectivity index (χ2v) is 16.2. The number of aromatic nitrogens is 1. The maximum Gasteiger partial charge on any atom is 0.497 e. The minimum atomic E-state index is -2.05. The smallest absolute Gasteiger partial charge is 0.399 e. The van der Waals surface area contributed by atoms with E-state index in [2.05, 4.69) is 58.0 Å². The second-order valence-electron chi connectivity index (χ2n) is 10.5. The average molecular weight is 417 g/mol. The van der Waals surface area contributed by atoms with E-state index in [0.29, 0.717) is 22.0 Å². The lowest BCUT2D eigenvalue weighted by Gasteiger charge is -2.44. The van der Waals surface area contributed by atoms with Crippen LogP contribution in [0, 0.1) is 5.82 Å². The average Bonchev–Trinajstić information content (AvgIpc) is 3.03. The van der Waals surface area contributed by atoms with Crippen molar-refractivity contribution < 1.29 is 13.7 Å². The lowest BCUT2D eigenvalue weighted by atomic mass is 9.79. The minimum Gasteiger partial charge on any atom is -0.399 e. The summed E-state index contributed by atoms with van der Waals surface area (Å²) in [6, 6.07) is 5.43. The molecule has 1 fully saturated rings. The first-order valence-electron chi connectivity index (χ1n) is 10.9. The predicted octanol–water partition coefficient (Wildman–Crippen LogP) is 6.10. The van der Waals surface area contributed by atoms with Crippen LogP contribution in [0.1, 0.15) is 69.2 Å². The van der Waals surface area contributed by atoms with Crippen molar-refractivity contribution in [3.8, 4) is 0 Å². The molecule has 1 aromatic heterocycles. The molecule has 0 spiro atoms. The summed E-state index contributed by atoms with van der Waals surface area (Å²) in [7, 11) is -2.62. The van der Waals surface area contributed by atoms with E-state index in [1.54, 1.807) is 6.07 Å². The van der Waals surface area contributed by atoms with Crippen LogP contribution < -0.4 is 5.46 Å². The van der Waals surface area contributed by atoms with Crippen LogP contribution in [0.25, 0.3) is 10.9 Å². The molecule has 0 aliphatic carbocycles. The third-order valence-corrected chi connectivity index (χ3v) is 14.3. The second kappa shape index (κ2) is 7.24. The molecule has 0 atom stereocenters. The van der Waals surface area contributed by atoms with Gasteiger partial charge in [0.2, 0.25) is 0 Å². The highest BCUT2D eigenvalue weighted by Gasteiger charge is 2.53. The number of fused-ring (bicyclic) bond motifs is 1. The van der Waals surface area contributed by atoms with Crippen molar-refractivity contribution >= 4 is 31.7 Å². The van der Waals surface area contributed by atoms with Crippen LogP contribution in [-0.2, 0) is 9.31 Å². The summed E-state index contributed by atoms with van der Waals surface area (Å²) in [5.41, 5.74) is 2.39. The molecule has 6 heteroatoms. The maximum absolute atomic E-state index is 15.2. The normalized spacial score (nSPS) is 19.3. The first-order chi connectivity index (χ1) is 13.3. The van der Waals surface area contributed by atoms with Crippen LogP contribution in [0.5, 0.6) is 0 Å². The van der Waals surface area contributed by atoms with Gasteiger partial charge >= 0.3 is 7.12 Å². The Morgan fingerprint density at radius 2 is 1.38 bits per heavy atom. The molecule has 1 aliphatic heterocycles. The zero-order chi connectivity index (χ0) is 21.9. The molecule has 0 unspecified atom stereocenters. The van der Waals surface area contributed by atoms with E-state index in [4.69, 9.17) is 9.31 Å². The van der Waals surface area contributed by atoms with Gasteiger partial charge in [-0.05, 0) is 62.6 Å². The van der Waals surface area contributed by atoms with Crippen LogP contribution >= 0.6 is 0 Å². The number of nitrogens with zero attached hydrogens (tertiary/aromatic N) is 1. The van der Waals surface area contributed by atoms with Crippen molar-refractivity contribution in [3.63, 3.8) is 0 Å². The topological polar surface area (TPSA) is 23.4 Å². The summed E-state index contributed by atoms with van der Waals surface area (Å²) < 4.78 is 30.3. The lowest BCUT2D eigenvalue weighted by molar-refractivity contribution is 0.00578. The molecule has 29 heavy (non-hydrogen) atoms. The van der Waals surface area contributed by atoms with Crippen LogP contribution in [0.2, 0.25) is 16.6 Å². The van der Waals surface area contributed by atoms with Crippen molar-refractivity contribution in [2.24, 2.45) is 0 Å². The van der Waals surface area contributed by atoms with Gasteiger partial charge in [0.25, 0.3) is 0 Å². The Kier molecular flexibility index (Phi) is 5.64. The van der Waals surface area contributed by atoms with Gasteiger partial charge < -0.3 is 13.5 Å². The Bertz CT molecular complexity index is 866. The molecule has 1 saturated heterocycles. The summed E-state index contributed by atoms with van der Waals surface area (Å²) in [6.45, 7) is 22.1. The molecular formula is C23H37BFNO2Si. The molecule has 1 aliphatic rings. The summed E-state index contributed by atoms with van der Waals surface area (Å²) in [4.78, 5) is 0. The molecule has 160 valence electrons. The van der Waals surface area contributed by atoms with Gasteiger partial charge in [0, 0.05) is 16.4 Å². The molecule has 0 radical (unpaired) electrons. The van der Waals surface area contributed by atoms with Crippen molar-refractivity contribution in [3.05, 3.63) is 30.2 Å². The fourth-order valence-corrected chi connectivity index (χ4v) is 12.2. The van der Waals surface area contributed by atoms with E-state index < -0.39 is 26.6 Å². The first kappa shape index (κ1) is 22.6. The molecule has 0 amide bonds. The third-order valence-electron chi connectivity index (χ3n) is 7.51. The third kappa shape index (κ3) is 3.22. The number of hydrogen-bond donors (Lipinski definition) is 0. The fraction of sp³-hybridized carbons (Fsp3) is 0.652. The quantitative estimate of drug-likeness (QED) is 0.549. The van der Waals surface area contributed by atoms with Crippen molar-refractivity contribution in [1.29, 1.82) is 0 Å². The molecule has 3 rings (SSSR count). The molecule has 3 nitrogen and oxygen atoms in total. The van der Waals surface area contributed by atoms with E-state index in [1.807, 2.05) is 33.8 Å². The Hall–Kier alpha value is -1.11. The number of halogens is 1. The van der Waals surface area contributed by atoms with Crippen molar-refractivity contribution in [1.82, 2.24) is 4.23 Å².